The van der Waals surface area contributed by atoms with Gasteiger partial charge in [-0.3, -0.25) is 19.2 Å². The molecule has 3 aromatic carbocycles. The Morgan fingerprint density at radius 1 is 0.696 bits per heavy atom. The quantitative estimate of drug-likeness (QED) is 0.122. The number of benzene rings is 3. The zero-order chi connectivity index (χ0) is 42.0. The number of ketones is 1. The van der Waals surface area contributed by atoms with Crippen LogP contribution in [0.5, 0.6) is 5.75 Å². The minimum Gasteiger partial charge on any atom is -0.497 e. The molecule has 15 heteroatoms. The number of hydrogen-bond donors (Lipinski definition) is 4. The number of methoxy groups -OCH3 is 1. The van der Waals surface area contributed by atoms with Crippen LogP contribution in [0.1, 0.15) is 82.7 Å². The minimum absolute atomic E-state index is 0.0685. The summed E-state index contributed by atoms with van der Waals surface area (Å²) in [6, 6.07) is 14.7. The van der Waals surface area contributed by atoms with Gasteiger partial charge in [0.25, 0.3) is 5.78 Å². The van der Waals surface area contributed by atoms with Crippen molar-refractivity contribution in [2.75, 3.05) is 7.11 Å². The third kappa shape index (κ3) is 13.6. The number of amides is 4. The number of halogens is 4. The molecule has 56 heavy (non-hydrogen) atoms. The smallest absolute Gasteiger partial charge is 0.452 e. The fourth-order valence-electron chi connectivity index (χ4n) is 5.78. The summed E-state index contributed by atoms with van der Waals surface area (Å²) < 4.78 is 51.1. The Morgan fingerprint density at radius 3 is 1.75 bits per heavy atom. The number of alkyl carbamates (subject to hydrolysis) is 1. The molecule has 0 bridgehead atoms. The first-order chi connectivity index (χ1) is 26.1. The standard InChI is InChI=1S/C41H50ClF3N4O7/c1-23(2)32(27-13-17-29(42)18-14-27)37(52)47-31(21-25-9-11-26(12-10-25)22-46-39(54)56-40(5,6)7)36(51)49-34(28-15-19-30(55-8)20-16-28)38(53)48-33(24(3)4)35(50)41(43,44)45/h9-20,23-24,31-34H,21-22H2,1-8H3,(H,46,54)(H,47,52)(H,48,53)(H,49,51)/t31-,32?,33-,34-/m0/s1. The first kappa shape index (κ1) is 45.3. The molecule has 3 rings (SSSR count). The van der Waals surface area contributed by atoms with Crippen LogP contribution in [0.4, 0.5) is 18.0 Å². The first-order valence-electron chi connectivity index (χ1n) is 18.1. The number of carbonyl (C=O) groups is 5. The molecule has 1 unspecified atom stereocenters. The van der Waals surface area contributed by atoms with Crippen molar-refractivity contribution in [2.45, 2.75) is 97.3 Å². The van der Waals surface area contributed by atoms with E-state index < -0.39 is 71.3 Å². The summed E-state index contributed by atoms with van der Waals surface area (Å²) >= 11 is 6.10. The van der Waals surface area contributed by atoms with Crippen molar-refractivity contribution in [2.24, 2.45) is 11.8 Å². The van der Waals surface area contributed by atoms with E-state index in [0.29, 0.717) is 21.9 Å². The molecule has 0 spiro atoms. The second kappa shape index (κ2) is 19.7. The van der Waals surface area contributed by atoms with E-state index in [2.05, 4.69) is 21.3 Å². The van der Waals surface area contributed by atoms with E-state index in [9.17, 15) is 37.1 Å². The lowest BCUT2D eigenvalue weighted by atomic mass is 9.87. The highest BCUT2D eigenvalue weighted by Gasteiger charge is 2.45. The Kier molecular flexibility index (Phi) is 15.9. The van der Waals surface area contributed by atoms with Gasteiger partial charge >= 0.3 is 12.3 Å². The van der Waals surface area contributed by atoms with Crippen molar-refractivity contribution in [3.05, 3.63) is 100 Å². The lowest BCUT2D eigenvalue weighted by Crippen LogP contribution is -2.55. The molecule has 4 N–H and O–H groups in total. The molecule has 0 saturated heterocycles. The van der Waals surface area contributed by atoms with Crippen LogP contribution in [-0.4, -0.2) is 60.6 Å². The van der Waals surface area contributed by atoms with Crippen LogP contribution in [0.2, 0.25) is 5.02 Å². The van der Waals surface area contributed by atoms with Gasteiger partial charge in [-0.1, -0.05) is 87.8 Å². The topological polar surface area (TPSA) is 152 Å². The van der Waals surface area contributed by atoms with Crippen molar-refractivity contribution in [3.63, 3.8) is 0 Å². The van der Waals surface area contributed by atoms with Crippen LogP contribution in [0.3, 0.4) is 0 Å². The fraction of sp³-hybridized carbons (Fsp3) is 0.439. The number of hydrogen-bond acceptors (Lipinski definition) is 7. The van der Waals surface area contributed by atoms with Crippen LogP contribution in [0.25, 0.3) is 0 Å². The lowest BCUT2D eigenvalue weighted by Gasteiger charge is -2.28. The van der Waals surface area contributed by atoms with Crippen LogP contribution in [0.15, 0.2) is 72.8 Å². The van der Waals surface area contributed by atoms with E-state index >= 15 is 0 Å². The highest BCUT2D eigenvalue weighted by atomic mass is 35.5. The van der Waals surface area contributed by atoms with Crippen LogP contribution in [0, 0.1) is 11.8 Å². The first-order valence-corrected chi connectivity index (χ1v) is 18.4. The number of rotatable bonds is 16. The van der Waals surface area contributed by atoms with Gasteiger partial charge in [-0.25, -0.2) is 4.79 Å². The molecule has 0 aromatic heterocycles. The SMILES string of the molecule is COc1ccc([C@H](NC(=O)[C@H](Cc2ccc(CNC(=O)OC(C)(C)C)cc2)NC(=O)C(c2ccc(Cl)cc2)C(C)C)C(=O)N[C@H](C(=O)C(F)(F)F)C(C)C)cc1. The van der Waals surface area contributed by atoms with E-state index in [4.69, 9.17) is 21.1 Å². The highest BCUT2D eigenvalue weighted by molar-refractivity contribution is 6.30. The molecular formula is C41H50ClF3N4O7. The Morgan fingerprint density at radius 2 is 1.25 bits per heavy atom. The zero-order valence-electron chi connectivity index (χ0n) is 32.7. The van der Waals surface area contributed by atoms with Crippen molar-refractivity contribution >= 4 is 41.2 Å². The third-order valence-corrected chi connectivity index (χ3v) is 8.89. The summed E-state index contributed by atoms with van der Waals surface area (Å²) in [4.78, 5) is 66.6. The van der Waals surface area contributed by atoms with Crippen LogP contribution < -0.4 is 26.0 Å². The molecular weight excluding hydrogens is 753 g/mol. The summed E-state index contributed by atoms with van der Waals surface area (Å²) in [5.41, 5.74) is 1.45. The van der Waals surface area contributed by atoms with E-state index in [1.165, 1.54) is 45.2 Å². The van der Waals surface area contributed by atoms with Gasteiger partial charge in [0.05, 0.1) is 19.1 Å². The predicted octanol–water partition coefficient (Wildman–Crippen LogP) is 6.97. The average Bonchev–Trinajstić information content (AvgIpc) is 3.11. The van der Waals surface area contributed by atoms with Gasteiger partial charge in [0.2, 0.25) is 17.7 Å². The molecule has 3 aromatic rings. The molecule has 0 aliphatic carbocycles. The van der Waals surface area contributed by atoms with Gasteiger partial charge in [0.1, 0.15) is 23.4 Å². The Balaban J connectivity index is 1.99. The number of ether oxygens (including phenoxy) is 2. The van der Waals surface area contributed by atoms with Crippen molar-refractivity contribution in [1.82, 2.24) is 21.3 Å². The van der Waals surface area contributed by atoms with Crippen LogP contribution in [-0.2, 0) is 36.9 Å². The average molecular weight is 803 g/mol. The molecule has 4 atom stereocenters. The van der Waals surface area contributed by atoms with Crippen molar-refractivity contribution in [1.29, 1.82) is 0 Å². The third-order valence-electron chi connectivity index (χ3n) is 8.63. The number of alkyl halides is 3. The largest absolute Gasteiger partial charge is 0.497 e. The zero-order valence-corrected chi connectivity index (χ0v) is 33.4. The summed E-state index contributed by atoms with van der Waals surface area (Å²) in [5.74, 6) is -6.03. The molecule has 0 saturated carbocycles. The lowest BCUT2D eigenvalue weighted by molar-refractivity contribution is -0.175. The second-order valence-electron chi connectivity index (χ2n) is 15.0. The van der Waals surface area contributed by atoms with Gasteiger partial charge in [-0.15, -0.1) is 0 Å². The van der Waals surface area contributed by atoms with Gasteiger partial charge in [-0.05, 0) is 79.1 Å². The Labute approximate surface area is 330 Å². The highest BCUT2D eigenvalue weighted by Crippen LogP contribution is 2.27. The molecule has 4 amide bonds. The molecule has 0 aliphatic rings. The van der Waals surface area contributed by atoms with E-state index in [1.807, 2.05) is 13.8 Å². The molecule has 0 fully saturated rings. The summed E-state index contributed by atoms with van der Waals surface area (Å²) in [6.45, 7) is 11.8. The van der Waals surface area contributed by atoms with Crippen molar-refractivity contribution < 1.29 is 46.6 Å². The van der Waals surface area contributed by atoms with Gasteiger partial charge in [0.15, 0.2) is 0 Å². The fourth-order valence-corrected chi connectivity index (χ4v) is 5.91. The summed E-state index contributed by atoms with van der Waals surface area (Å²) in [5, 5.41) is 10.8. The predicted molar refractivity (Wildman–Crippen MR) is 206 cm³/mol. The molecule has 0 aliphatic heterocycles. The Bertz CT molecular complexity index is 1810. The second-order valence-corrected chi connectivity index (χ2v) is 15.5. The maximum absolute atomic E-state index is 14.3. The number of nitrogens with one attached hydrogen (secondary N) is 4. The van der Waals surface area contributed by atoms with Gasteiger partial charge in [0, 0.05) is 18.0 Å². The molecule has 0 radical (unpaired) electrons. The maximum atomic E-state index is 14.3. The Hall–Kier alpha value is -5.11. The normalized spacial score (nSPS) is 13.9. The molecule has 11 nitrogen and oxygen atoms in total. The number of Topliss-reactive ketones (excluding diaryl/α,β-unsaturated/α-hetero) is 1. The van der Waals surface area contributed by atoms with Crippen molar-refractivity contribution in [3.8, 4) is 5.75 Å². The minimum atomic E-state index is -5.23. The van der Waals surface area contributed by atoms with E-state index in [1.54, 1.807) is 69.3 Å². The van der Waals surface area contributed by atoms with E-state index in [0.717, 1.165) is 5.56 Å². The van der Waals surface area contributed by atoms with Gasteiger partial charge in [-0.2, -0.15) is 13.2 Å². The summed E-state index contributed by atoms with van der Waals surface area (Å²) in [7, 11) is 1.42. The van der Waals surface area contributed by atoms with E-state index in [-0.39, 0.29) is 24.4 Å². The number of carbonyl (C=O) groups excluding carboxylic acids is 5. The molecule has 0 heterocycles. The van der Waals surface area contributed by atoms with Crippen LogP contribution >= 0.6 is 11.6 Å². The summed E-state index contributed by atoms with van der Waals surface area (Å²) in [6.07, 6.45) is -5.89. The maximum Gasteiger partial charge on any atom is 0.452 e. The van der Waals surface area contributed by atoms with Gasteiger partial charge < -0.3 is 30.7 Å². The monoisotopic (exact) mass is 802 g/mol. The molecule has 304 valence electrons.